The molecule has 0 atom stereocenters. The smallest absolute Gasteiger partial charge is 0.0615 e. The van der Waals surface area contributed by atoms with E-state index < -0.39 is 0 Å². The van der Waals surface area contributed by atoms with Crippen LogP contribution < -0.4 is 0 Å². The second-order valence-electron chi connectivity index (χ2n) is 4.29. The Morgan fingerprint density at radius 1 is 1.00 bits per heavy atom. The number of hydrogen-bond donors (Lipinski definition) is 1. The molecule has 0 aliphatic heterocycles. The highest BCUT2D eigenvalue weighted by molar-refractivity contribution is 5.60. The van der Waals surface area contributed by atoms with E-state index in [-0.39, 0.29) is 6.61 Å². The molecule has 19 heavy (non-hydrogen) atoms. The fraction of sp³-hybridized carbons (Fsp3) is 0.111. The summed E-state index contributed by atoms with van der Waals surface area (Å²) in [6, 6.07) is 16.1. The normalized spacial score (nSPS) is 10.2. The molecule has 0 amide bonds. The SMILES string of the molecule is Cc1ccc(C#Cc2ccccc2C=CCO)cc1. The van der Waals surface area contributed by atoms with E-state index in [9.17, 15) is 0 Å². The summed E-state index contributed by atoms with van der Waals surface area (Å²) in [5, 5.41) is 8.83. The van der Waals surface area contributed by atoms with Gasteiger partial charge >= 0.3 is 0 Å². The van der Waals surface area contributed by atoms with Crippen molar-refractivity contribution in [2.45, 2.75) is 6.92 Å². The van der Waals surface area contributed by atoms with E-state index in [2.05, 4.69) is 30.9 Å². The molecule has 0 radical (unpaired) electrons. The number of aryl methyl sites for hydroxylation is 1. The zero-order chi connectivity index (χ0) is 13.5. The Labute approximate surface area is 114 Å². The van der Waals surface area contributed by atoms with Crippen molar-refractivity contribution in [1.29, 1.82) is 0 Å². The van der Waals surface area contributed by atoms with E-state index in [0.29, 0.717) is 0 Å². The third kappa shape index (κ3) is 3.84. The van der Waals surface area contributed by atoms with Gasteiger partial charge in [-0.3, -0.25) is 0 Å². The Hall–Kier alpha value is -2.30. The molecular weight excluding hydrogens is 232 g/mol. The third-order valence-electron chi connectivity index (χ3n) is 2.76. The minimum Gasteiger partial charge on any atom is -0.392 e. The summed E-state index contributed by atoms with van der Waals surface area (Å²) in [7, 11) is 0. The summed E-state index contributed by atoms with van der Waals surface area (Å²) in [5.41, 5.74) is 4.23. The average molecular weight is 248 g/mol. The fourth-order valence-electron chi connectivity index (χ4n) is 1.71. The van der Waals surface area contributed by atoms with Crippen LogP contribution in [0.4, 0.5) is 0 Å². The second-order valence-corrected chi connectivity index (χ2v) is 4.29. The van der Waals surface area contributed by atoms with Crippen LogP contribution in [-0.4, -0.2) is 11.7 Å². The minimum atomic E-state index is 0.0414. The van der Waals surface area contributed by atoms with Gasteiger partial charge in [-0.2, -0.15) is 0 Å². The standard InChI is InChI=1S/C18H16O/c1-15-8-10-16(11-9-15)12-13-18-6-3-2-5-17(18)7-4-14-19/h2-11,19H,14H2,1H3. The third-order valence-corrected chi connectivity index (χ3v) is 2.76. The molecule has 0 heterocycles. The van der Waals surface area contributed by atoms with Gasteiger partial charge in [0.05, 0.1) is 6.61 Å². The largest absolute Gasteiger partial charge is 0.392 e. The molecule has 94 valence electrons. The fourth-order valence-corrected chi connectivity index (χ4v) is 1.71. The molecule has 0 saturated carbocycles. The first-order valence-corrected chi connectivity index (χ1v) is 6.25. The first-order chi connectivity index (χ1) is 9.29. The van der Waals surface area contributed by atoms with Gasteiger partial charge < -0.3 is 5.11 Å². The molecule has 0 aliphatic rings. The van der Waals surface area contributed by atoms with Crippen molar-refractivity contribution in [3.05, 3.63) is 76.9 Å². The van der Waals surface area contributed by atoms with Crippen molar-refractivity contribution in [2.75, 3.05) is 6.61 Å². The lowest BCUT2D eigenvalue weighted by Gasteiger charge is -1.97. The van der Waals surface area contributed by atoms with Crippen LogP contribution in [0.15, 0.2) is 54.6 Å². The summed E-state index contributed by atoms with van der Waals surface area (Å²) >= 11 is 0. The quantitative estimate of drug-likeness (QED) is 0.808. The molecule has 2 aromatic carbocycles. The lowest BCUT2D eigenvalue weighted by atomic mass is 10.1. The van der Waals surface area contributed by atoms with Gasteiger partial charge in [0, 0.05) is 11.1 Å². The second kappa shape index (κ2) is 6.58. The maximum atomic E-state index is 8.83. The molecule has 0 saturated heterocycles. The topological polar surface area (TPSA) is 20.2 Å². The van der Waals surface area contributed by atoms with Crippen LogP contribution in [0.25, 0.3) is 6.08 Å². The van der Waals surface area contributed by atoms with Crippen molar-refractivity contribution in [3.8, 4) is 11.8 Å². The van der Waals surface area contributed by atoms with E-state index in [4.69, 9.17) is 5.11 Å². The van der Waals surface area contributed by atoms with Gasteiger partial charge in [-0.25, -0.2) is 0 Å². The minimum absolute atomic E-state index is 0.0414. The molecule has 2 rings (SSSR count). The van der Waals surface area contributed by atoms with Crippen LogP contribution in [0, 0.1) is 18.8 Å². The summed E-state index contributed by atoms with van der Waals surface area (Å²) in [6.07, 6.45) is 3.60. The molecule has 0 fully saturated rings. The van der Waals surface area contributed by atoms with Crippen LogP contribution in [0.1, 0.15) is 22.3 Å². The van der Waals surface area contributed by atoms with E-state index >= 15 is 0 Å². The molecule has 0 spiro atoms. The Kier molecular flexibility index (Phi) is 4.55. The number of rotatable bonds is 2. The number of aliphatic hydroxyl groups excluding tert-OH is 1. The van der Waals surface area contributed by atoms with Crippen molar-refractivity contribution in [1.82, 2.24) is 0 Å². The van der Waals surface area contributed by atoms with Crippen LogP contribution in [-0.2, 0) is 0 Å². The van der Waals surface area contributed by atoms with Crippen LogP contribution in [0.3, 0.4) is 0 Å². The van der Waals surface area contributed by atoms with Crippen LogP contribution in [0.2, 0.25) is 0 Å². The monoisotopic (exact) mass is 248 g/mol. The zero-order valence-electron chi connectivity index (χ0n) is 10.9. The lowest BCUT2D eigenvalue weighted by molar-refractivity contribution is 0.343. The first kappa shape index (κ1) is 13.1. The van der Waals surface area contributed by atoms with Gasteiger partial charge in [-0.15, -0.1) is 0 Å². The summed E-state index contributed by atoms with van der Waals surface area (Å²) in [6.45, 7) is 2.10. The molecular formula is C18H16O. The Balaban J connectivity index is 2.29. The summed E-state index contributed by atoms with van der Waals surface area (Å²) < 4.78 is 0. The molecule has 1 N–H and O–H groups in total. The number of hydrogen-bond acceptors (Lipinski definition) is 1. The highest BCUT2D eigenvalue weighted by Gasteiger charge is 1.94. The predicted molar refractivity (Wildman–Crippen MR) is 79.7 cm³/mol. The number of aliphatic hydroxyl groups is 1. The van der Waals surface area contributed by atoms with Gasteiger partial charge in [-0.1, -0.05) is 59.9 Å². The first-order valence-electron chi connectivity index (χ1n) is 6.25. The van der Waals surface area contributed by atoms with Crippen LogP contribution >= 0.6 is 0 Å². The predicted octanol–water partition coefficient (Wildman–Crippen LogP) is 3.40. The van der Waals surface area contributed by atoms with E-state index in [1.165, 1.54) is 5.56 Å². The molecule has 1 nitrogen and oxygen atoms in total. The zero-order valence-corrected chi connectivity index (χ0v) is 10.9. The van der Waals surface area contributed by atoms with Gasteiger partial charge in [0.15, 0.2) is 0 Å². The molecule has 0 aliphatic carbocycles. The van der Waals surface area contributed by atoms with E-state index in [1.54, 1.807) is 6.08 Å². The van der Waals surface area contributed by atoms with Gasteiger partial charge in [0.2, 0.25) is 0 Å². The molecule has 1 heteroatoms. The van der Waals surface area contributed by atoms with Crippen molar-refractivity contribution in [2.24, 2.45) is 0 Å². The highest BCUT2D eigenvalue weighted by atomic mass is 16.2. The van der Waals surface area contributed by atoms with Gasteiger partial charge in [-0.05, 0) is 30.7 Å². The van der Waals surface area contributed by atoms with Gasteiger partial charge in [0.25, 0.3) is 0 Å². The van der Waals surface area contributed by atoms with Crippen molar-refractivity contribution >= 4 is 6.08 Å². The molecule has 2 aromatic rings. The van der Waals surface area contributed by atoms with E-state index in [1.807, 2.05) is 42.5 Å². The van der Waals surface area contributed by atoms with Gasteiger partial charge in [0.1, 0.15) is 0 Å². The lowest BCUT2D eigenvalue weighted by Crippen LogP contribution is -1.82. The maximum Gasteiger partial charge on any atom is 0.0615 e. The average Bonchev–Trinajstić information content (AvgIpc) is 2.45. The maximum absolute atomic E-state index is 8.83. The highest BCUT2D eigenvalue weighted by Crippen LogP contribution is 2.10. The van der Waals surface area contributed by atoms with Crippen molar-refractivity contribution < 1.29 is 5.11 Å². The molecule has 0 aromatic heterocycles. The Bertz CT molecular complexity index is 625. The summed E-state index contributed by atoms with van der Waals surface area (Å²) in [5.74, 6) is 6.33. The Morgan fingerprint density at radius 2 is 1.74 bits per heavy atom. The molecule has 0 unspecified atom stereocenters. The number of benzene rings is 2. The summed E-state index contributed by atoms with van der Waals surface area (Å²) in [4.78, 5) is 0. The van der Waals surface area contributed by atoms with Crippen LogP contribution in [0.5, 0.6) is 0 Å². The molecule has 0 bridgehead atoms. The van der Waals surface area contributed by atoms with Crippen molar-refractivity contribution in [3.63, 3.8) is 0 Å². The van der Waals surface area contributed by atoms with E-state index in [0.717, 1.165) is 16.7 Å². The Morgan fingerprint density at radius 3 is 2.47 bits per heavy atom.